The van der Waals surface area contributed by atoms with Gasteiger partial charge in [-0.15, -0.1) is 0 Å². The summed E-state index contributed by atoms with van der Waals surface area (Å²) in [4.78, 5) is 0. The first-order chi connectivity index (χ1) is 6.45. The number of benzene rings is 1. The van der Waals surface area contributed by atoms with Gasteiger partial charge in [0, 0.05) is 0 Å². The maximum Gasteiger partial charge on any atom is -0.0254 e. The summed E-state index contributed by atoms with van der Waals surface area (Å²) in [6.07, 6.45) is 7.94. The molecule has 1 saturated heterocycles. The molecule has 0 aliphatic carbocycles. The van der Waals surface area contributed by atoms with Gasteiger partial charge in [-0.3, -0.25) is 0 Å². The van der Waals surface area contributed by atoms with E-state index in [2.05, 4.69) is 36.4 Å². The highest BCUT2D eigenvalue weighted by Crippen LogP contribution is 2.35. The normalized spacial score (nSPS) is 22.3. The van der Waals surface area contributed by atoms with E-state index >= 15 is 0 Å². The van der Waals surface area contributed by atoms with Crippen molar-refractivity contribution < 1.29 is 0 Å². The minimum Gasteiger partial charge on any atom is -0.0948 e. The lowest BCUT2D eigenvalue weighted by Crippen LogP contribution is -1.89. The van der Waals surface area contributed by atoms with Gasteiger partial charge in [0.2, 0.25) is 0 Å². The maximum atomic E-state index is 2.37. The molecule has 0 N–H and O–H groups in total. The molecule has 1 unspecified atom stereocenters. The minimum atomic E-state index is 1.08. The van der Waals surface area contributed by atoms with Gasteiger partial charge >= 0.3 is 0 Å². The van der Waals surface area contributed by atoms with Crippen molar-refractivity contribution in [1.82, 2.24) is 0 Å². The highest BCUT2D eigenvalue weighted by Gasteiger charge is 2.04. The van der Waals surface area contributed by atoms with Crippen LogP contribution in [0.4, 0.5) is 0 Å². The van der Waals surface area contributed by atoms with Crippen molar-refractivity contribution in [1.29, 1.82) is 0 Å². The summed E-state index contributed by atoms with van der Waals surface area (Å²) < 4.78 is 0. The Labute approximate surface area is 81.8 Å². The Morgan fingerprint density at radius 3 is 2.62 bits per heavy atom. The molecular weight excluding hydrogens is 175 g/mol. The van der Waals surface area contributed by atoms with Gasteiger partial charge in [0.05, 0.1) is 0 Å². The van der Waals surface area contributed by atoms with Crippen LogP contribution in [0.25, 0.3) is 6.08 Å². The molecule has 1 atom stereocenters. The summed E-state index contributed by atoms with van der Waals surface area (Å²) in [6, 6.07) is 10.7. The van der Waals surface area contributed by atoms with Crippen LogP contribution in [0, 0.1) is 0 Å². The number of rotatable bonds is 1. The summed E-state index contributed by atoms with van der Waals surface area (Å²) in [6.45, 7) is 0. The lowest BCUT2D eigenvalue weighted by molar-refractivity contribution is 0.798. The topological polar surface area (TPSA) is 0 Å². The summed E-state index contributed by atoms with van der Waals surface area (Å²) in [5.41, 5.74) is 1.37. The van der Waals surface area contributed by atoms with E-state index < -0.39 is 0 Å². The van der Waals surface area contributed by atoms with Gasteiger partial charge in [-0.25, -0.2) is 0 Å². The number of hydrogen-bond donors (Lipinski definition) is 0. The van der Waals surface area contributed by atoms with Crippen LogP contribution in [0.3, 0.4) is 0 Å². The van der Waals surface area contributed by atoms with Gasteiger partial charge in [-0.2, -0.15) is 0 Å². The van der Waals surface area contributed by atoms with Crippen molar-refractivity contribution in [3.63, 3.8) is 0 Å². The Hall–Kier alpha value is -0.610. The van der Waals surface area contributed by atoms with E-state index in [9.17, 15) is 0 Å². The van der Waals surface area contributed by atoms with Crippen molar-refractivity contribution in [2.75, 3.05) is 6.16 Å². The van der Waals surface area contributed by atoms with Gasteiger partial charge in [-0.05, 0) is 36.3 Å². The van der Waals surface area contributed by atoms with Crippen LogP contribution in [0.1, 0.15) is 24.8 Å². The molecule has 13 heavy (non-hydrogen) atoms. The fraction of sp³-hybridized carbons (Fsp3) is 0.333. The molecule has 1 heterocycles. The minimum absolute atomic E-state index is 1.08. The standard InChI is InChI=1S/C12H15P/c1-2-6-11(7-3-1)10-12-8-4-5-9-13-12/h1-3,6-7,10,13H,4-5,8-9H2/b12-10-. The molecule has 1 aliphatic rings. The predicted octanol–water partition coefficient (Wildman–Crippen LogP) is 3.89. The molecule has 0 spiro atoms. The van der Waals surface area contributed by atoms with Gasteiger partial charge in [0.15, 0.2) is 0 Å². The van der Waals surface area contributed by atoms with Crippen molar-refractivity contribution in [3.8, 4) is 0 Å². The molecule has 1 aliphatic heterocycles. The van der Waals surface area contributed by atoms with Crippen molar-refractivity contribution in [2.45, 2.75) is 19.3 Å². The first-order valence-electron chi connectivity index (χ1n) is 4.95. The van der Waals surface area contributed by atoms with Crippen LogP contribution in [-0.2, 0) is 0 Å². The van der Waals surface area contributed by atoms with E-state index in [1.165, 1.54) is 31.0 Å². The largest absolute Gasteiger partial charge is 0.0948 e. The van der Waals surface area contributed by atoms with Crippen LogP contribution >= 0.6 is 8.58 Å². The Kier molecular flexibility index (Phi) is 3.16. The van der Waals surface area contributed by atoms with Crippen LogP contribution in [0.5, 0.6) is 0 Å². The third kappa shape index (κ3) is 2.67. The third-order valence-electron chi connectivity index (χ3n) is 2.37. The number of hydrogen-bond acceptors (Lipinski definition) is 0. The van der Waals surface area contributed by atoms with Crippen LogP contribution in [-0.4, -0.2) is 6.16 Å². The SMILES string of the molecule is C(=C1\CCCCP1)/c1ccccc1. The van der Waals surface area contributed by atoms with Gasteiger partial charge in [0.25, 0.3) is 0 Å². The lowest BCUT2D eigenvalue weighted by atomic mass is 10.1. The van der Waals surface area contributed by atoms with Crippen LogP contribution in [0.2, 0.25) is 0 Å². The highest BCUT2D eigenvalue weighted by atomic mass is 31.1. The summed E-state index contributed by atoms with van der Waals surface area (Å²) in [7, 11) is 1.08. The molecule has 68 valence electrons. The molecule has 0 aromatic heterocycles. The molecule has 0 nitrogen and oxygen atoms in total. The maximum absolute atomic E-state index is 2.37. The average molecular weight is 190 g/mol. The molecule has 1 heteroatoms. The second-order valence-electron chi connectivity index (χ2n) is 3.46. The van der Waals surface area contributed by atoms with E-state index in [1.54, 1.807) is 5.31 Å². The van der Waals surface area contributed by atoms with Crippen molar-refractivity contribution in [3.05, 3.63) is 41.2 Å². The molecule has 0 saturated carbocycles. The fourth-order valence-electron chi connectivity index (χ4n) is 1.65. The lowest BCUT2D eigenvalue weighted by Gasteiger charge is -2.13. The predicted molar refractivity (Wildman–Crippen MR) is 61.5 cm³/mol. The molecule has 0 bridgehead atoms. The molecular formula is C12H15P. The van der Waals surface area contributed by atoms with Crippen molar-refractivity contribution >= 4 is 14.7 Å². The molecule has 0 radical (unpaired) electrons. The Morgan fingerprint density at radius 1 is 1.08 bits per heavy atom. The average Bonchev–Trinajstić information content (AvgIpc) is 2.21. The van der Waals surface area contributed by atoms with Crippen molar-refractivity contribution in [2.24, 2.45) is 0 Å². The molecule has 1 fully saturated rings. The van der Waals surface area contributed by atoms with E-state index in [4.69, 9.17) is 0 Å². The monoisotopic (exact) mass is 190 g/mol. The molecule has 2 rings (SSSR count). The second-order valence-corrected chi connectivity index (χ2v) is 4.96. The zero-order valence-corrected chi connectivity index (χ0v) is 8.79. The zero-order chi connectivity index (χ0) is 8.93. The van der Waals surface area contributed by atoms with E-state index in [0.717, 1.165) is 8.58 Å². The molecule has 1 aromatic carbocycles. The van der Waals surface area contributed by atoms with Crippen LogP contribution < -0.4 is 0 Å². The zero-order valence-electron chi connectivity index (χ0n) is 7.79. The van der Waals surface area contributed by atoms with Gasteiger partial charge in [-0.1, -0.05) is 45.0 Å². The highest BCUT2D eigenvalue weighted by molar-refractivity contribution is 7.43. The summed E-state index contributed by atoms with van der Waals surface area (Å²) in [5, 5.41) is 1.66. The first kappa shape index (κ1) is 8.97. The van der Waals surface area contributed by atoms with Gasteiger partial charge in [0.1, 0.15) is 0 Å². The van der Waals surface area contributed by atoms with Gasteiger partial charge < -0.3 is 0 Å². The van der Waals surface area contributed by atoms with E-state index in [0.29, 0.717) is 0 Å². The Bertz CT molecular complexity index is 279. The van der Waals surface area contributed by atoms with Crippen LogP contribution in [0.15, 0.2) is 35.6 Å². The third-order valence-corrected chi connectivity index (χ3v) is 3.82. The quantitative estimate of drug-likeness (QED) is 0.589. The summed E-state index contributed by atoms with van der Waals surface area (Å²) >= 11 is 0. The molecule has 1 aromatic rings. The number of allylic oxidation sites excluding steroid dienone is 1. The second kappa shape index (κ2) is 4.58. The fourth-order valence-corrected chi connectivity index (χ4v) is 3.02. The van der Waals surface area contributed by atoms with E-state index in [1.807, 2.05) is 0 Å². The summed E-state index contributed by atoms with van der Waals surface area (Å²) in [5.74, 6) is 0. The van der Waals surface area contributed by atoms with E-state index in [-0.39, 0.29) is 0 Å². The smallest absolute Gasteiger partial charge is 0.0254 e. The Balaban J connectivity index is 2.10. The molecule has 0 amide bonds. The Morgan fingerprint density at radius 2 is 1.92 bits per heavy atom. The first-order valence-corrected chi connectivity index (χ1v) is 6.15.